The van der Waals surface area contributed by atoms with E-state index in [9.17, 15) is 39.0 Å². The largest absolute Gasteiger partial charge is 0.459 e. The first-order valence-corrected chi connectivity index (χ1v) is 42.1. The Morgan fingerprint density at radius 1 is 0.709 bits per heavy atom. The number of aliphatic hydroxyl groups excluding tert-OH is 1. The van der Waals surface area contributed by atoms with Crippen molar-refractivity contribution in [3.05, 3.63) is 72.0 Å². The molecule has 3 aromatic rings. The third kappa shape index (κ3) is 33.3. The number of cyclic esters (lactones) is 1. The van der Waals surface area contributed by atoms with Crippen molar-refractivity contribution in [2.24, 2.45) is 35.3 Å². The first-order valence-electron chi connectivity index (χ1n) is 42.1. The average molecular weight is 1650 g/mol. The number of unbranched alkanes of at least 4 members (excludes halogenated alkanes) is 2. The molecule has 0 spiro atoms. The molecule has 33 nitrogen and oxygen atoms in total. The summed E-state index contributed by atoms with van der Waals surface area (Å²) in [7, 11) is 4.60. The number of nitrogens with zero attached hydrogens (tertiary/aromatic N) is 8. The van der Waals surface area contributed by atoms with Crippen molar-refractivity contribution in [1.29, 1.82) is 0 Å². The lowest BCUT2D eigenvalue weighted by molar-refractivity contribution is -0.265. The second-order valence-electron chi connectivity index (χ2n) is 31.1. The molecule has 6 heterocycles. The van der Waals surface area contributed by atoms with Crippen LogP contribution in [0.3, 0.4) is 0 Å². The summed E-state index contributed by atoms with van der Waals surface area (Å²) < 4.78 is 84.9. The number of hydrogen-bond acceptors (Lipinski definition) is 29. The molecular formula is C84H135N11O22. The molecule has 15 atom stereocenters. The zero-order valence-electron chi connectivity index (χ0n) is 70.6. The Morgan fingerprint density at radius 3 is 2.03 bits per heavy atom. The minimum absolute atomic E-state index is 0.0110. The van der Waals surface area contributed by atoms with Gasteiger partial charge in [-0.1, -0.05) is 69.4 Å². The van der Waals surface area contributed by atoms with Gasteiger partial charge in [0.2, 0.25) is 11.7 Å². The lowest BCUT2D eigenvalue weighted by atomic mass is 9.80. The molecule has 33 heteroatoms. The quantitative estimate of drug-likeness (QED) is 0.0178. The van der Waals surface area contributed by atoms with E-state index in [4.69, 9.17) is 77.8 Å². The predicted octanol–water partition coefficient (Wildman–Crippen LogP) is 6.35. The van der Waals surface area contributed by atoms with Crippen molar-refractivity contribution in [2.45, 2.75) is 231 Å². The summed E-state index contributed by atoms with van der Waals surface area (Å²) in [6, 6.07) is -2.09. The number of ketones is 3. The SMILES string of the molecule is COC1C[C@@H]2CC[C@@H](C)[C@@](O)(O2)C(=O)C(=O)N2CCCC[C@H]2C(=O)OC(C(N)CC2CCC(OCCCCc3cn(CCOCCOCCOCCOCCOCCOCCOCCOCCC(=O)NCCCCn4ncc5c(N)ncnc54)nn3)[C@H](OC)C2)CC(=O)C(C)/C=C(\C)C(O)[C@@H](OC)C(=O)C(C)CC(C)/C=C/C=C/C=C/1C. The highest BCUT2D eigenvalue weighted by Crippen LogP contribution is 2.38. The number of esters is 1. The maximum atomic E-state index is 14.7. The van der Waals surface area contributed by atoms with Crippen molar-refractivity contribution in [3.63, 3.8) is 0 Å². The molecule has 3 fully saturated rings. The number of aliphatic hydroxyl groups is 2. The molecule has 2 amide bonds. The molecular weight excluding hydrogens is 1510 g/mol. The van der Waals surface area contributed by atoms with Crippen molar-refractivity contribution in [2.75, 3.05) is 152 Å². The van der Waals surface area contributed by atoms with Crippen LogP contribution in [0.5, 0.6) is 0 Å². The molecule has 7 N–H and O–H groups in total. The number of Topliss-reactive ketones (excluding diaryl/α,β-unsaturated/α-hetero) is 3. The molecule has 2 bridgehead atoms. The Bertz CT molecular complexity index is 3560. The lowest BCUT2D eigenvalue weighted by Gasteiger charge is -2.42. The number of anilines is 1. The lowest BCUT2D eigenvalue weighted by Crippen LogP contribution is -2.61. The molecule has 3 aliphatic heterocycles. The van der Waals surface area contributed by atoms with Gasteiger partial charge in [0.25, 0.3) is 11.7 Å². The number of allylic oxidation sites excluding steroid dienone is 6. The average Bonchev–Trinajstić information content (AvgIpc) is 1.59. The molecule has 7 rings (SSSR count). The number of amides is 2. The normalized spacial score (nSPS) is 27.7. The fraction of sp³-hybridized carbons (Fsp3) is 0.750. The summed E-state index contributed by atoms with van der Waals surface area (Å²) >= 11 is 0. The van der Waals surface area contributed by atoms with E-state index in [2.05, 4.69) is 30.7 Å². The van der Waals surface area contributed by atoms with Gasteiger partial charge in [0, 0.05) is 96.8 Å². The van der Waals surface area contributed by atoms with Gasteiger partial charge in [0.1, 0.15) is 42.3 Å². The number of nitrogens with two attached hydrogens (primary N) is 2. The number of ether oxygens (including phenoxy) is 14. The van der Waals surface area contributed by atoms with E-state index in [1.807, 2.05) is 50.4 Å². The van der Waals surface area contributed by atoms with Gasteiger partial charge < -0.3 is 98.2 Å². The summed E-state index contributed by atoms with van der Waals surface area (Å²) in [5.74, 6) is -7.91. The molecule has 117 heavy (non-hydrogen) atoms. The number of piperidine rings is 1. The van der Waals surface area contributed by atoms with Gasteiger partial charge in [0.05, 0.1) is 154 Å². The van der Waals surface area contributed by atoms with Crippen molar-refractivity contribution in [1.82, 2.24) is 45.0 Å². The Morgan fingerprint density at radius 2 is 1.38 bits per heavy atom. The zero-order valence-corrected chi connectivity index (χ0v) is 70.6. The van der Waals surface area contributed by atoms with E-state index < -0.39 is 83.8 Å². The third-order valence-electron chi connectivity index (χ3n) is 22.1. The van der Waals surface area contributed by atoms with E-state index in [0.717, 1.165) is 55.2 Å². The first kappa shape index (κ1) is 97.4. The Hall–Kier alpha value is -6.77. The summed E-state index contributed by atoms with van der Waals surface area (Å²) in [5.41, 5.74) is 15.8. The molecule has 9 unspecified atom stereocenters. The van der Waals surface area contributed by atoms with E-state index in [1.54, 1.807) is 63.6 Å². The van der Waals surface area contributed by atoms with Gasteiger partial charge in [0.15, 0.2) is 11.4 Å². The van der Waals surface area contributed by atoms with Crippen molar-refractivity contribution < 1.29 is 105 Å². The number of carbonyl (C=O) groups is 6. The standard InChI is InChI=1S/C84H135N11O22/c1-58-19-11-10-12-20-59(2)72(104-7)53-66-25-23-63(6)84(103,117-66)79(100)82(101)94-29-16-13-22-69(94)83(102)116-73(54-70(96)60(3)50-62(5)77(99)78(106-9)76(98)61(4)49-58)68(85)51-64-24-26-71(74(52-64)105-8)115-32-18-14-21-65-56-93(92-91-65)31-34-108-36-38-110-40-42-112-44-46-114-48-47-113-45-43-111-41-39-109-37-35-107-33-27-75(97)87-28-15-17-30-95-81-67(55-90-95)80(86)88-57-89-81/h10-12,19-20,50,55-58,60-61,63-64,66,68-69,71-74,77-78,99,103H,13-18,21-49,51-54,85H2,1-9H3,(H,87,97)(H2,86,88,89)/b12-10+,19-11+,59-20+,62-50+/t58?,60?,61?,63-,64?,66+,68?,69+,71?,72?,73?,74-,77?,78+,84-/m1/s1. The Labute approximate surface area is 689 Å². The van der Waals surface area contributed by atoms with Crippen LogP contribution in [0.1, 0.15) is 156 Å². The molecule has 0 radical (unpaired) electrons. The van der Waals surface area contributed by atoms with Crippen LogP contribution in [0, 0.1) is 29.6 Å². The van der Waals surface area contributed by atoms with Gasteiger partial charge in [-0.2, -0.15) is 5.10 Å². The minimum Gasteiger partial charge on any atom is -0.459 e. The fourth-order valence-corrected chi connectivity index (χ4v) is 15.0. The highest BCUT2D eigenvalue weighted by Gasteiger charge is 2.53. The molecule has 0 aromatic carbocycles. The van der Waals surface area contributed by atoms with Gasteiger partial charge in [-0.25, -0.2) is 24.1 Å². The second kappa shape index (κ2) is 53.8. The van der Waals surface area contributed by atoms with Crippen LogP contribution in [0.15, 0.2) is 66.3 Å². The van der Waals surface area contributed by atoms with Gasteiger partial charge in [-0.15, -0.1) is 5.10 Å². The maximum Gasteiger partial charge on any atom is 0.329 e. The Kier molecular flexibility index (Phi) is 44.8. The summed E-state index contributed by atoms with van der Waals surface area (Å²) in [6.45, 7) is 19.8. The highest BCUT2D eigenvalue weighted by atomic mass is 16.6. The molecule has 2 saturated heterocycles. The van der Waals surface area contributed by atoms with E-state index in [-0.39, 0.29) is 73.7 Å². The maximum absolute atomic E-state index is 14.7. The first-order chi connectivity index (χ1) is 56.5. The summed E-state index contributed by atoms with van der Waals surface area (Å²) in [5, 5.41) is 40.4. The van der Waals surface area contributed by atoms with Gasteiger partial charge in [-0.3, -0.25) is 24.0 Å². The van der Waals surface area contributed by atoms with Crippen LogP contribution in [0.2, 0.25) is 0 Å². The summed E-state index contributed by atoms with van der Waals surface area (Å²) in [4.78, 5) is 93.6. The Balaban J connectivity index is 0.737. The smallest absolute Gasteiger partial charge is 0.329 e. The number of rotatable bonds is 44. The van der Waals surface area contributed by atoms with E-state index >= 15 is 0 Å². The molecule has 3 aromatic heterocycles. The molecule has 1 saturated carbocycles. The van der Waals surface area contributed by atoms with Gasteiger partial charge >= 0.3 is 5.97 Å². The fourth-order valence-electron chi connectivity index (χ4n) is 15.0. The molecule has 658 valence electrons. The van der Waals surface area contributed by atoms with Crippen LogP contribution in [0.25, 0.3) is 11.0 Å². The number of carbonyl (C=O) groups excluding carboxylic acids is 6. The summed E-state index contributed by atoms with van der Waals surface area (Å²) in [6.07, 6.45) is 20.0. The van der Waals surface area contributed by atoms with Crippen molar-refractivity contribution in [3.8, 4) is 0 Å². The topological polar surface area (TPSA) is 414 Å². The third-order valence-corrected chi connectivity index (χ3v) is 22.1. The van der Waals surface area contributed by atoms with Crippen LogP contribution in [0.4, 0.5) is 5.82 Å². The van der Waals surface area contributed by atoms with Crippen LogP contribution >= 0.6 is 0 Å². The van der Waals surface area contributed by atoms with Crippen LogP contribution in [-0.2, 0) is 115 Å². The number of nitrogens with one attached hydrogen (secondary N) is 1. The molecule has 4 aliphatic rings. The van der Waals surface area contributed by atoms with E-state index in [1.165, 1.54) is 18.3 Å². The number of aryl methyl sites for hydroxylation is 2. The molecule has 1 aliphatic carbocycles. The second-order valence-corrected chi connectivity index (χ2v) is 31.1. The van der Waals surface area contributed by atoms with Crippen LogP contribution < -0.4 is 16.8 Å². The van der Waals surface area contributed by atoms with Crippen LogP contribution in [-0.4, -0.2) is 292 Å². The van der Waals surface area contributed by atoms with Gasteiger partial charge in [-0.05, 0) is 133 Å². The van der Waals surface area contributed by atoms with E-state index in [0.29, 0.717) is 200 Å². The van der Waals surface area contributed by atoms with Crippen molar-refractivity contribution >= 4 is 52.0 Å². The monoisotopic (exact) mass is 1650 g/mol. The number of methoxy groups -OCH3 is 3. The zero-order chi connectivity index (χ0) is 84.3. The number of aromatic nitrogens is 7. The predicted molar refractivity (Wildman–Crippen MR) is 434 cm³/mol. The number of nitrogen functional groups attached to an aromatic ring is 1. The minimum atomic E-state index is -2.48. The highest BCUT2D eigenvalue weighted by molar-refractivity contribution is 6.39. The number of hydrogen-bond donors (Lipinski definition) is 5. The number of fused-ring (bicyclic) bond motifs is 4.